The largest absolute Gasteiger partial charge is 0.319 e. The zero-order valence-electron chi connectivity index (χ0n) is 18.0. The van der Waals surface area contributed by atoms with Crippen LogP contribution in [0.1, 0.15) is 38.1 Å². The molecule has 3 aromatic rings. The smallest absolute Gasteiger partial charge is 0.243 e. The molecule has 0 N–H and O–H groups in total. The van der Waals surface area contributed by atoms with Gasteiger partial charge >= 0.3 is 0 Å². The highest BCUT2D eigenvalue weighted by Crippen LogP contribution is 2.30. The fourth-order valence-corrected chi connectivity index (χ4v) is 6.09. The summed E-state index contributed by atoms with van der Waals surface area (Å²) in [4.78, 5) is 17.7. The van der Waals surface area contributed by atoms with E-state index < -0.39 is 10.0 Å². The Kier molecular flexibility index (Phi) is 7.47. The van der Waals surface area contributed by atoms with E-state index in [-0.39, 0.29) is 15.9 Å². The molecule has 1 aromatic heterocycles. The fourth-order valence-electron chi connectivity index (χ4n) is 3.42. The summed E-state index contributed by atoms with van der Waals surface area (Å²) in [6, 6.07) is 11.9. The van der Waals surface area contributed by atoms with Gasteiger partial charge in [-0.2, -0.15) is 4.31 Å². The first-order valence-corrected chi connectivity index (χ1v) is 12.9. The molecule has 3 rings (SSSR count). The van der Waals surface area contributed by atoms with E-state index in [9.17, 15) is 13.2 Å². The minimum Gasteiger partial charge on any atom is -0.319 e. The van der Waals surface area contributed by atoms with E-state index in [4.69, 9.17) is 11.6 Å². The third-order valence-corrected chi connectivity index (χ3v) is 8.51. The summed E-state index contributed by atoms with van der Waals surface area (Å²) in [5.41, 5.74) is 2.04. The normalized spacial score (nSPS) is 13.1. The zero-order chi connectivity index (χ0) is 22.8. The lowest BCUT2D eigenvalue weighted by atomic mass is 10.1. The molecule has 1 unspecified atom stereocenters. The summed E-state index contributed by atoms with van der Waals surface area (Å²) < 4.78 is 29.2. The molecule has 0 aliphatic rings. The second-order valence-electron chi connectivity index (χ2n) is 7.01. The topological polar surface area (TPSA) is 72.3 Å². The van der Waals surface area contributed by atoms with Gasteiger partial charge in [0, 0.05) is 30.2 Å². The van der Waals surface area contributed by atoms with Crippen molar-refractivity contribution in [3.8, 4) is 0 Å². The van der Waals surface area contributed by atoms with Crippen molar-refractivity contribution in [1.82, 2.24) is 13.9 Å². The summed E-state index contributed by atoms with van der Waals surface area (Å²) in [5.74, 6) is -0.0128. The van der Waals surface area contributed by atoms with Crippen LogP contribution in [-0.4, -0.2) is 46.4 Å². The van der Waals surface area contributed by atoms with Crippen molar-refractivity contribution in [3.63, 3.8) is 0 Å². The van der Waals surface area contributed by atoms with E-state index in [0.717, 1.165) is 5.52 Å². The highest BCUT2D eigenvalue weighted by atomic mass is 35.5. The SMILES string of the molecule is CCN(CC)S(=O)(=O)c1ccc2c(c1)nc(SC(C)C(=O)c1ccc(Cl)cc1)n2CC. The molecule has 6 nitrogen and oxygen atoms in total. The number of thioether (sulfide) groups is 1. The Bertz CT molecular complexity index is 1190. The molecule has 1 heterocycles. The lowest BCUT2D eigenvalue weighted by Crippen LogP contribution is -2.30. The number of hydrogen-bond donors (Lipinski definition) is 0. The monoisotopic (exact) mass is 479 g/mol. The van der Waals surface area contributed by atoms with Crippen LogP contribution in [0.4, 0.5) is 0 Å². The lowest BCUT2D eigenvalue weighted by molar-refractivity contribution is 0.0994. The number of carbonyl (C=O) groups excluding carboxylic acids is 1. The average molecular weight is 480 g/mol. The van der Waals surface area contributed by atoms with Crippen LogP contribution in [0.5, 0.6) is 0 Å². The number of benzene rings is 2. The van der Waals surface area contributed by atoms with Crippen LogP contribution in [0.2, 0.25) is 5.02 Å². The van der Waals surface area contributed by atoms with Gasteiger partial charge < -0.3 is 4.57 Å². The number of sulfonamides is 1. The number of aryl methyl sites for hydroxylation is 1. The number of ketones is 1. The molecule has 0 aliphatic heterocycles. The lowest BCUT2D eigenvalue weighted by Gasteiger charge is -2.18. The Morgan fingerprint density at radius 1 is 1.13 bits per heavy atom. The quantitative estimate of drug-likeness (QED) is 0.315. The molecular weight excluding hydrogens is 454 g/mol. The predicted molar refractivity (Wildman–Crippen MR) is 127 cm³/mol. The van der Waals surface area contributed by atoms with Gasteiger partial charge in [0.15, 0.2) is 10.9 Å². The summed E-state index contributed by atoms with van der Waals surface area (Å²) in [5, 5.41) is 0.909. The van der Waals surface area contributed by atoms with Gasteiger partial charge in [-0.15, -0.1) is 0 Å². The van der Waals surface area contributed by atoms with Crippen molar-refractivity contribution in [2.24, 2.45) is 0 Å². The minimum atomic E-state index is -3.57. The number of aromatic nitrogens is 2. The first-order valence-electron chi connectivity index (χ1n) is 10.2. The Hall–Kier alpha value is -1.87. The van der Waals surface area contributed by atoms with Crippen LogP contribution in [-0.2, 0) is 16.6 Å². The van der Waals surface area contributed by atoms with Gasteiger partial charge in [0.05, 0.1) is 21.2 Å². The van der Waals surface area contributed by atoms with Crippen molar-refractivity contribution in [2.45, 2.75) is 49.5 Å². The molecule has 0 saturated heterocycles. The van der Waals surface area contributed by atoms with E-state index in [1.807, 2.05) is 32.3 Å². The minimum absolute atomic E-state index is 0.0128. The van der Waals surface area contributed by atoms with Gasteiger partial charge in [-0.3, -0.25) is 4.79 Å². The maximum Gasteiger partial charge on any atom is 0.243 e. The Morgan fingerprint density at radius 2 is 1.77 bits per heavy atom. The standard InChI is InChI=1S/C22H26ClN3O3S2/c1-5-25(6-2)31(28,29)18-12-13-20-19(14-18)24-22(26(20)7-3)30-15(4)21(27)16-8-10-17(23)11-9-16/h8-15H,5-7H2,1-4H3. The second kappa shape index (κ2) is 9.73. The number of rotatable bonds is 9. The molecular formula is C22H26ClN3O3S2. The van der Waals surface area contributed by atoms with Crippen LogP contribution in [0.25, 0.3) is 11.0 Å². The van der Waals surface area contributed by atoms with Crippen molar-refractivity contribution in [2.75, 3.05) is 13.1 Å². The maximum atomic E-state index is 12.9. The Morgan fingerprint density at radius 3 is 2.35 bits per heavy atom. The number of carbonyl (C=O) groups is 1. The molecule has 0 saturated carbocycles. The van der Waals surface area contributed by atoms with Gasteiger partial charge in [-0.05, 0) is 56.3 Å². The number of nitrogens with zero attached hydrogens (tertiary/aromatic N) is 3. The molecule has 0 aliphatic carbocycles. The molecule has 0 radical (unpaired) electrons. The molecule has 166 valence electrons. The summed E-state index contributed by atoms with van der Waals surface area (Å²) >= 11 is 7.28. The van der Waals surface area contributed by atoms with Crippen LogP contribution in [0.15, 0.2) is 52.5 Å². The van der Waals surface area contributed by atoms with Crippen LogP contribution < -0.4 is 0 Å². The van der Waals surface area contributed by atoms with Crippen LogP contribution >= 0.6 is 23.4 Å². The summed E-state index contributed by atoms with van der Waals surface area (Å²) in [7, 11) is -3.57. The third kappa shape index (κ3) is 4.82. The highest BCUT2D eigenvalue weighted by molar-refractivity contribution is 8.00. The fraction of sp³-hybridized carbons (Fsp3) is 0.364. The van der Waals surface area contributed by atoms with E-state index in [0.29, 0.717) is 40.9 Å². The molecule has 1 atom stereocenters. The van der Waals surface area contributed by atoms with Gasteiger partial charge in [-0.1, -0.05) is 37.2 Å². The molecule has 0 bridgehead atoms. The van der Waals surface area contributed by atoms with Crippen molar-refractivity contribution in [1.29, 1.82) is 0 Å². The number of imidazole rings is 1. The van der Waals surface area contributed by atoms with E-state index in [1.54, 1.807) is 42.5 Å². The number of fused-ring (bicyclic) bond motifs is 1. The van der Waals surface area contributed by atoms with E-state index >= 15 is 0 Å². The van der Waals surface area contributed by atoms with E-state index in [2.05, 4.69) is 4.98 Å². The number of Topliss-reactive ketones (excluding diaryl/α,β-unsaturated/α-hetero) is 1. The summed E-state index contributed by atoms with van der Waals surface area (Å²) in [6.45, 7) is 8.95. The van der Waals surface area contributed by atoms with Gasteiger partial charge in [0.2, 0.25) is 10.0 Å². The Balaban J connectivity index is 1.94. The van der Waals surface area contributed by atoms with Crippen LogP contribution in [0.3, 0.4) is 0 Å². The maximum absolute atomic E-state index is 12.9. The number of hydrogen-bond acceptors (Lipinski definition) is 5. The molecule has 0 fully saturated rings. The number of halogens is 1. The third-order valence-electron chi connectivity index (χ3n) is 5.12. The first-order chi connectivity index (χ1) is 14.7. The van der Waals surface area contributed by atoms with Crippen LogP contribution in [0, 0.1) is 0 Å². The van der Waals surface area contributed by atoms with E-state index in [1.165, 1.54) is 16.1 Å². The molecule has 2 aromatic carbocycles. The van der Waals surface area contributed by atoms with Gasteiger partial charge in [0.25, 0.3) is 0 Å². The summed E-state index contributed by atoms with van der Waals surface area (Å²) in [6.07, 6.45) is 0. The highest BCUT2D eigenvalue weighted by Gasteiger charge is 2.24. The predicted octanol–water partition coefficient (Wildman–Crippen LogP) is 5.10. The Labute approximate surface area is 192 Å². The zero-order valence-corrected chi connectivity index (χ0v) is 20.4. The average Bonchev–Trinajstić information content (AvgIpc) is 3.10. The van der Waals surface area contributed by atoms with Crippen molar-refractivity contribution < 1.29 is 13.2 Å². The van der Waals surface area contributed by atoms with Crippen molar-refractivity contribution in [3.05, 3.63) is 53.1 Å². The molecule has 0 amide bonds. The molecule has 0 spiro atoms. The van der Waals surface area contributed by atoms with Gasteiger partial charge in [0.1, 0.15) is 0 Å². The molecule has 31 heavy (non-hydrogen) atoms. The molecule has 9 heteroatoms. The van der Waals surface area contributed by atoms with Crippen molar-refractivity contribution >= 4 is 50.2 Å². The first kappa shape index (κ1) is 23.8. The second-order valence-corrected chi connectivity index (χ2v) is 10.7. The van der Waals surface area contributed by atoms with Gasteiger partial charge in [-0.25, -0.2) is 13.4 Å².